The number of hydrogen-bond donors (Lipinski definition) is 1. The lowest BCUT2D eigenvalue weighted by Crippen LogP contribution is -2.35. The maximum absolute atomic E-state index is 5.61. The summed E-state index contributed by atoms with van der Waals surface area (Å²) < 4.78 is 16.6. The van der Waals surface area contributed by atoms with Crippen molar-refractivity contribution in [3.8, 4) is 0 Å². The van der Waals surface area contributed by atoms with Gasteiger partial charge < -0.3 is 19.5 Å². The molecule has 0 aromatic heterocycles. The van der Waals surface area contributed by atoms with Crippen molar-refractivity contribution in [3.05, 3.63) is 11.8 Å². The third-order valence-corrected chi connectivity index (χ3v) is 2.84. The fourth-order valence-corrected chi connectivity index (χ4v) is 2.03. The molecule has 0 bridgehead atoms. The first-order chi connectivity index (χ1) is 7.90. The largest absolute Gasteiger partial charge is 0.496 e. The van der Waals surface area contributed by atoms with Gasteiger partial charge in [-0.15, -0.1) is 0 Å². The van der Waals surface area contributed by atoms with Gasteiger partial charge in [0.15, 0.2) is 6.29 Å². The summed E-state index contributed by atoms with van der Waals surface area (Å²) in [6.07, 6.45) is 5.08. The molecule has 1 saturated heterocycles. The minimum absolute atomic E-state index is 0.0699. The summed E-state index contributed by atoms with van der Waals surface area (Å²) in [5.41, 5.74) is 0. The summed E-state index contributed by atoms with van der Waals surface area (Å²) >= 11 is 0. The van der Waals surface area contributed by atoms with Gasteiger partial charge in [-0.3, -0.25) is 0 Å². The average molecular weight is 227 g/mol. The first-order valence-corrected chi connectivity index (χ1v) is 6.19. The molecule has 0 aromatic carbocycles. The predicted molar refractivity (Wildman–Crippen MR) is 61.0 cm³/mol. The van der Waals surface area contributed by atoms with E-state index in [1.165, 1.54) is 0 Å². The van der Waals surface area contributed by atoms with Crippen molar-refractivity contribution in [1.29, 1.82) is 0 Å². The monoisotopic (exact) mass is 227 g/mol. The fraction of sp³-hybridized carbons (Fsp3) is 0.833. The normalized spacial score (nSPS) is 23.2. The topological polar surface area (TPSA) is 39.7 Å². The maximum Gasteiger partial charge on any atom is 0.159 e. The molecule has 92 valence electrons. The Kier molecular flexibility index (Phi) is 4.63. The Labute approximate surface area is 96.9 Å². The summed E-state index contributed by atoms with van der Waals surface area (Å²) in [6, 6.07) is 0.241. The number of nitrogens with one attached hydrogen (secondary N) is 1. The van der Waals surface area contributed by atoms with Crippen LogP contribution in [0, 0.1) is 0 Å². The molecule has 2 aliphatic heterocycles. The van der Waals surface area contributed by atoms with Crippen LogP contribution in [0.3, 0.4) is 0 Å². The SMILES string of the molecule is CCCNC(CC1OCCO1)C1=CCCO1. The highest BCUT2D eigenvalue weighted by molar-refractivity contribution is 5.07. The highest BCUT2D eigenvalue weighted by Crippen LogP contribution is 2.20. The van der Waals surface area contributed by atoms with Gasteiger partial charge in [0, 0.05) is 12.8 Å². The molecule has 1 N–H and O–H groups in total. The zero-order chi connectivity index (χ0) is 11.2. The van der Waals surface area contributed by atoms with E-state index >= 15 is 0 Å². The van der Waals surface area contributed by atoms with Crippen LogP contribution in [0.25, 0.3) is 0 Å². The molecule has 2 aliphatic rings. The lowest BCUT2D eigenvalue weighted by molar-refractivity contribution is -0.0531. The van der Waals surface area contributed by atoms with Crippen LogP contribution < -0.4 is 5.32 Å². The smallest absolute Gasteiger partial charge is 0.159 e. The van der Waals surface area contributed by atoms with Gasteiger partial charge in [0.05, 0.1) is 25.9 Å². The van der Waals surface area contributed by atoms with Crippen LogP contribution in [0.5, 0.6) is 0 Å². The van der Waals surface area contributed by atoms with Crippen molar-refractivity contribution in [1.82, 2.24) is 5.32 Å². The van der Waals surface area contributed by atoms with Gasteiger partial charge in [0.25, 0.3) is 0 Å². The Morgan fingerprint density at radius 1 is 1.38 bits per heavy atom. The molecule has 4 heteroatoms. The summed E-state index contributed by atoms with van der Waals surface area (Å²) in [7, 11) is 0. The van der Waals surface area contributed by atoms with E-state index in [1.807, 2.05) is 0 Å². The number of hydrogen-bond acceptors (Lipinski definition) is 4. The number of ether oxygens (including phenoxy) is 3. The van der Waals surface area contributed by atoms with Crippen LogP contribution in [0.4, 0.5) is 0 Å². The lowest BCUT2D eigenvalue weighted by Gasteiger charge is -2.22. The predicted octanol–water partition coefficient (Wildman–Crippen LogP) is 1.42. The molecule has 0 spiro atoms. The highest BCUT2D eigenvalue weighted by atomic mass is 16.7. The van der Waals surface area contributed by atoms with Gasteiger partial charge in [0.2, 0.25) is 0 Å². The van der Waals surface area contributed by atoms with Crippen molar-refractivity contribution in [2.45, 2.75) is 38.5 Å². The molecule has 1 fully saturated rings. The van der Waals surface area contributed by atoms with Crippen LogP contribution in [-0.4, -0.2) is 38.7 Å². The molecule has 2 heterocycles. The Hall–Kier alpha value is -0.580. The highest BCUT2D eigenvalue weighted by Gasteiger charge is 2.25. The lowest BCUT2D eigenvalue weighted by atomic mass is 10.1. The second-order valence-corrected chi connectivity index (χ2v) is 4.16. The van der Waals surface area contributed by atoms with E-state index < -0.39 is 0 Å². The van der Waals surface area contributed by atoms with E-state index in [4.69, 9.17) is 14.2 Å². The van der Waals surface area contributed by atoms with E-state index in [0.717, 1.165) is 38.2 Å². The van der Waals surface area contributed by atoms with Crippen LogP contribution in [0.1, 0.15) is 26.2 Å². The zero-order valence-corrected chi connectivity index (χ0v) is 9.91. The van der Waals surface area contributed by atoms with Gasteiger partial charge in [0.1, 0.15) is 5.76 Å². The van der Waals surface area contributed by atoms with Gasteiger partial charge in [-0.2, -0.15) is 0 Å². The van der Waals surface area contributed by atoms with E-state index in [0.29, 0.717) is 13.2 Å². The van der Waals surface area contributed by atoms with E-state index in [-0.39, 0.29) is 12.3 Å². The zero-order valence-electron chi connectivity index (χ0n) is 9.91. The first kappa shape index (κ1) is 11.9. The fourth-order valence-electron chi connectivity index (χ4n) is 2.03. The third kappa shape index (κ3) is 3.20. The molecule has 0 amide bonds. The Balaban J connectivity index is 1.85. The van der Waals surface area contributed by atoms with Crippen molar-refractivity contribution in [2.75, 3.05) is 26.4 Å². The minimum Gasteiger partial charge on any atom is -0.496 e. The molecule has 1 atom stereocenters. The first-order valence-electron chi connectivity index (χ1n) is 6.19. The molecular weight excluding hydrogens is 206 g/mol. The molecule has 4 nitrogen and oxygen atoms in total. The molecule has 16 heavy (non-hydrogen) atoms. The molecule has 1 unspecified atom stereocenters. The summed E-state index contributed by atoms with van der Waals surface area (Å²) in [5, 5.41) is 3.48. The summed E-state index contributed by atoms with van der Waals surface area (Å²) in [4.78, 5) is 0. The molecular formula is C12H21NO3. The quantitative estimate of drug-likeness (QED) is 0.745. The minimum atomic E-state index is -0.0699. The van der Waals surface area contributed by atoms with E-state index in [2.05, 4.69) is 18.3 Å². The molecule has 0 aromatic rings. The van der Waals surface area contributed by atoms with Crippen LogP contribution >= 0.6 is 0 Å². The molecule has 2 rings (SSSR count). The Morgan fingerprint density at radius 3 is 2.81 bits per heavy atom. The summed E-state index contributed by atoms with van der Waals surface area (Å²) in [5.74, 6) is 1.06. The van der Waals surface area contributed by atoms with Gasteiger partial charge in [-0.05, 0) is 19.0 Å². The van der Waals surface area contributed by atoms with Crippen molar-refractivity contribution >= 4 is 0 Å². The van der Waals surface area contributed by atoms with E-state index in [9.17, 15) is 0 Å². The van der Waals surface area contributed by atoms with Crippen LogP contribution in [0.15, 0.2) is 11.8 Å². The average Bonchev–Trinajstić information content (AvgIpc) is 2.96. The third-order valence-electron chi connectivity index (χ3n) is 2.84. The van der Waals surface area contributed by atoms with Crippen LogP contribution in [-0.2, 0) is 14.2 Å². The molecule has 0 aliphatic carbocycles. The Bertz CT molecular complexity index is 236. The second kappa shape index (κ2) is 6.23. The maximum atomic E-state index is 5.61. The Morgan fingerprint density at radius 2 is 2.19 bits per heavy atom. The second-order valence-electron chi connectivity index (χ2n) is 4.16. The molecule has 0 saturated carbocycles. The van der Waals surface area contributed by atoms with Crippen LogP contribution in [0.2, 0.25) is 0 Å². The summed E-state index contributed by atoms with van der Waals surface area (Å²) in [6.45, 7) is 5.40. The van der Waals surface area contributed by atoms with Crippen molar-refractivity contribution < 1.29 is 14.2 Å². The van der Waals surface area contributed by atoms with Crippen molar-refractivity contribution in [2.24, 2.45) is 0 Å². The van der Waals surface area contributed by atoms with E-state index in [1.54, 1.807) is 0 Å². The molecule has 0 radical (unpaired) electrons. The van der Waals surface area contributed by atoms with Crippen molar-refractivity contribution in [3.63, 3.8) is 0 Å². The standard InChI is InChI=1S/C12H21NO3/c1-2-5-13-10(11-4-3-6-14-11)9-12-15-7-8-16-12/h4,10,12-13H,2-3,5-9H2,1H3. The van der Waals surface area contributed by atoms with Gasteiger partial charge >= 0.3 is 0 Å². The number of rotatable bonds is 6. The van der Waals surface area contributed by atoms with Gasteiger partial charge in [-0.1, -0.05) is 6.92 Å². The van der Waals surface area contributed by atoms with Gasteiger partial charge in [-0.25, -0.2) is 0 Å².